The molecular formula is C16H25ClN2O. The van der Waals surface area contributed by atoms with Crippen molar-refractivity contribution in [2.45, 2.75) is 59.4 Å². The van der Waals surface area contributed by atoms with Gasteiger partial charge in [0.1, 0.15) is 5.15 Å². The Balaban J connectivity index is 3.18. The Morgan fingerprint density at radius 3 is 2.40 bits per heavy atom. The molecule has 0 spiro atoms. The topological polar surface area (TPSA) is 33.2 Å². The van der Waals surface area contributed by atoms with E-state index in [4.69, 9.17) is 11.6 Å². The highest BCUT2D eigenvalue weighted by Gasteiger charge is 2.22. The number of hydrogen-bond acceptors (Lipinski definition) is 2. The van der Waals surface area contributed by atoms with Gasteiger partial charge in [0.25, 0.3) is 5.91 Å². The Kier molecular flexibility index (Phi) is 5.58. The molecule has 0 unspecified atom stereocenters. The zero-order valence-corrected chi connectivity index (χ0v) is 14.1. The molecule has 1 rings (SSSR count). The van der Waals surface area contributed by atoms with E-state index in [0.717, 1.165) is 18.7 Å². The molecule has 0 radical (unpaired) electrons. The van der Waals surface area contributed by atoms with Crippen LogP contribution in [0.5, 0.6) is 0 Å². The number of pyridine rings is 1. The van der Waals surface area contributed by atoms with Crippen molar-refractivity contribution in [3.8, 4) is 0 Å². The van der Waals surface area contributed by atoms with Gasteiger partial charge in [-0.05, 0) is 32.4 Å². The predicted octanol–water partition coefficient (Wildman–Crippen LogP) is 4.29. The van der Waals surface area contributed by atoms with Crippen LogP contribution in [0.1, 0.15) is 64.0 Å². The molecule has 0 aromatic carbocycles. The first-order valence-corrected chi connectivity index (χ1v) is 7.53. The molecule has 0 saturated carbocycles. The Labute approximate surface area is 127 Å². The minimum atomic E-state index is -0.132. The standard InChI is InChI=1S/C16H25ClN2O/c1-7-8-19(11(2)3)15(20)12-9-13(16(4,5)6)18-14(17)10-12/h9-11H,7-8H2,1-6H3. The van der Waals surface area contributed by atoms with Crippen LogP contribution in [0.4, 0.5) is 0 Å². The van der Waals surface area contributed by atoms with Gasteiger partial charge >= 0.3 is 0 Å². The Morgan fingerprint density at radius 1 is 1.35 bits per heavy atom. The summed E-state index contributed by atoms with van der Waals surface area (Å²) in [6.45, 7) is 13.1. The SMILES string of the molecule is CCCN(C(=O)c1cc(Cl)nc(C(C)(C)C)c1)C(C)C. The molecule has 4 heteroatoms. The molecule has 112 valence electrons. The van der Waals surface area contributed by atoms with Gasteiger partial charge in [0.2, 0.25) is 0 Å². The van der Waals surface area contributed by atoms with Gasteiger partial charge in [0.05, 0.1) is 0 Å². The van der Waals surface area contributed by atoms with Crippen molar-refractivity contribution in [3.63, 3.8) is 0 Å². The maximum atomic E-state index is 12.6. The van der Waals surface area contributed by atoms with E-state index in [2.05, 4.69) is 32.7 Å². The number of amides is 1. The summed E-state index contributed by atoms with van der Waals surface area (Å²) < 4.78 is 0. The van der Waals surface area contributed by atoms with Crippen LogP contribution in [0.25, 0.3) is 0 Å². The van der Waals surface area contributed by atoms with Crippen LogP contribution >= 0.6 is 11.6 Å². The normalized spacial score (nSPS) is 11.8. The number of halogens is 1. The molecule has 0 bridgehead atoms. The van der Waals surface area contributed by atoms with Crippen LogP contribution in [0, 0.1) is 0 Å². The summed E-state index contributed by atoms with van der Waals surface area (Å²) in [5.41, 5.74) is 1.33. The number of nitrogens with zero attached hydrogens (tertiary/aromatic N) is 2. The summed E-state index contributed by atoms with van der Waals surface area (Å²) in [5.74, 6) is 0.0247. The molecule has 0 saturated heterocycles. The molecule has 1 aromatic heterocycles. The lowest BCUT2D eigenvalue weighted by molar-refractivity contribution is 0.0705. The Hall–Kier alpha value is -1.09. The monoisotopic (exact) mass is 296 g/mol. The van der Waals surface area contributed by atoms with Crippen molar-refractivity contribution in [2.75, 3.05) is 6.54 Å². The zero-order valence-electron chi connectivity index (χ0n) is 13.3. The first kappa shape index (κ1) is 17.0. The molecule has 3 nitrogen and oxygen atoms in total. The molecule has 1 amide bonds. The summed E-state index contributed by atoms with van der Waals surface area (Å²) in [7, 11) is 0. The van der Waals surface area contributed by atoms with Crippen molar-refractivity contribution in [3.05, 3.63) is 28.5 Å². The first-order valence-electron chi connectivity index (χ1n) is 7.15. The second-order valence-electron chi connectivity index (χ2n) is 6.41. The Bertz CT molecular complexity index is 478. The summed E-state index contributed by atoms with van der Waals surface area (Å²) in [6, 6.07) is 3.69. The van der Waals surface area contributed by atoms with Crippen LogP contribution < -0.4 is 0 Å². The molecule has 0 N–H and O–H groups in total. The molecule has 1 aromatic rings. The molecule has 1 heterocycles. The fraction of sp³-hybridized carbons (Fsp3) is 0.625. The molecule has 0 atom stereocenters. The van der Waals surface area contributed by atoms with Gasteiger partial charge in [-0.3, -0.25) is 4.79 Å². The van der Waals surface area contributed by atoms with Gasteiger partial charge in [-0.1, -0.05) is 39.3 Å². The van der Waals surface area contributed by atoms with E-state index in [1.165, 1.54) is 0 Å². The molecule has 20 heavy (non-hydrogen) atoms. The van der Waals surface area contributed by atoms with Crippen LogP contribution in [0.3, 0.4) is 0 Å². The zero-order chi connectivity index (χ0) is 15.5. The lowest BCUT2D eigenvalue weighted by Gasteiger charge is -2.27. The van der Waals surface area contributed by atoms with E-state index in [1.807, 2.05) is 24.8 Å². The fourth-order valence-electron chi connectivity index (χ4n) is 2.01. The van der Waals surface area contributed by atoms with E-state index >= 15 is 0 Å². The smallest absolute Gasteiger partial charge is 0.254 e. The second-order valence-corrected chi connectivity index (χ2v) is 6.79. The van der Waals surface area contributed by atoms with E-state index in [1.54, 1.807) is 6.07 Å². The molecule has 0 fully saturated rings. The maximum absolute atomic E-state index is 12.6. The number of aromatic nitrogens is 1. The minimum absolute atomic E-state index is 0.0247. The number of carbonyl (C=O) groups is 1. The summed E-state index contributed by atoms with van der Waals surface area (Å²) in [5, 5.41) is 0.376. The summed E-state index contributed by atoms with van der Waals surface area (Å²) in [4.78, 5) is 18.9. The third-order valence-corrected chi connectivity index (χ3v) is 3.35. The highest BCUT2D eigenvalue weighted by atomic mass is 35.5. The van der Waals surface area contributed by atoms with Crippen LogP contribution in [-0.4, -0.2) is 28.4 Å². The molecule has 0 aliphatic carbocycles. The van der Waals surface area contributed by atoms with Gasteiger partial charge in [0, 0.05) is 29.3 Å². The van der Waals surface area contributed by atoms with Gasteiger partial charge in [0.15, 0.2) is 0 Å². The second kappa shape index (κ2) is 6.57. The van der Waals surface area contributed by atoms with E-state index in [9.17, 15) is 4.79 Å². The summed E-state index contributed by atoms with van der Waals surface area (Å²) in [6.07, 6.45) is 0.939. The van der Waals surface area contributed by atoms with E-state index in [-0.39, 0.29) is 17.4 Å². The van der Waals surface area contributed by atoms with Gasteiger partial charge in [-0.25, -0.2) is 4.98 Å². The van der Waals surface area contributed by atoms with Crippen LogP contribution in [-0.2, 0) is 5.41 Å². The summed E-state index contributed by atoms with van der Waals surface area (Å²) >= 11 is 6.08. The van der Waals surface area contributed by atoms with E-state index in [0.29, 0.717) is 10.7 Å². The number of carbonyl (C=O) groups excluding carboxylic acids is 1. The average molecular weight is 297 g/mol. The van der Waals surface area contributed by atoms with Gasteiger partial charge in [-0.2, -0.15) is 0 Å². The largest absolute Gasteiger partial charge is 0.336 e. The average Bonchev–Trinajstić information content (AvgIpc) is 2.33. The third-order valence-electron chi connectivity index (χ3n) is 3.16. The van der Waals surface area contributed by atoms with Crippen molar-refractivity contribution >= 4 is 17.5 Å². The number of rotatable bonds is 4. The molecular weight excluding hydrogens is 272 g/mol. The maximum Gasteiger partial charge on any atom is 0.254 e. The van der Waals surface area contributed by atoms with Crippen molar-refractivity contribution in [1.29, 1.82) is 0 Å². The van der Waals surface area contributed by atoms with E-state index < -0.39 is 0 Å². The molecule has 0 aliphatic heterocycles. The first-order chi connectivity index (χ1) is 9.16. The van der Waals surface area contributed by atoms with Crippen molar-refractivity contribution in [1.82, 2.24) is 9.88 Å². The highest BCUT2D eigenvalue weighted by Crippen LogP contribution is 2.24. The lowest BCUT2D eigenvalue weighted by Crippen LogP contribution is -2.37. The predicted molar refractivity (Wildman–Crippen MR) is 84.4 cm³/mol. The highest BCUT2D eigenvalue weighted by molar-refractivity contribution is 6.29. The third kappa shape index (κ3) is 4.20. The Morgan fingerprint density at radius 2 is 1.95 bits per heavy atom. The van der Waals surface area contributed by atoms with Gasteiger partial charge in [-0.15, -0.1) is 0 Å². The van der Waals surface area contributed by atoms with Gasteiger partial charge < -0.3 is 4.90 Å². The quantitative estimate of drug-likeness (QED) is 0.776. The van der Waals surface area contributed by atoms with Crippen LogP contribution in [0.15, 0.2) is 12.1 Å². The van der Waals surface area contributed by atoms with Crippen molar-refractivity contribution < 1.29 is 4.79 Å². The molecule has 0 aliphatic rings. The van der Waals surface area contributed by atoms with Crippen molar-refractivity contribution in [2.24, 2.45) is 0 Å². The lowest BCUT2D eigenvalue weighted by atomic mass is 9.90. The van der Waals surface area contributed by atoms with Crippen LogP contribution in [0.2, 0.25) is 5.15 Å². The number of hydrogen-bond donors (Lipinski definition) is 0. The minimum Gasteiger partial charge on any atom is -0.336 e. The fourth-order valence-corrected chi connectivity index (χ4v) is 2.21.